The Balaban J connectivity index is 2.10. The van der Waals surface area contributed by atoms with Crippen molar-refractivity contribution >= 4 is 11.6 Å². The van der Waals surface area contributed by atoms with Gasteiger partial charge in [-0.15, -0.1) is 0 Å². The Morgan fingerprint density at radius 2 is 1.71 bits per heavy atom. The molecule has 0 aliphatic heterocycles. The topological polar surface area (TPSA) is 17.0 Å². The van der Waals surface area contributed by atoms with E-state index in [1.54, 1.807) is 0 Å². The van der Waals surface area contributed by atoms with Crippen LogP contribution in [0.3, 0.4) is 0 Å². The molecule has 3 heteroatoms. The first kappa shape index (κ1) is 12.1. The van der Waals surface area contributed by atoms with Crippen molar-refractivity contribution in [3.63, 3.8) is 0 Å². The predicted molar refractivity (Wildman–Crippen MR) is 73.2 cm³/mol. The van der Waals surface area contributed by atoms with Crippen molar-refractivity contribution in [2.75, 3.05) is 5.43 Å². The highest BCUT2D eigenvalue weighted by Crippen LogP contribution is 2.17. The summed E-state index contributed by atoms with van der Waals surface area (Å²) in [6.45, 7) is 6.96. The van der Waals surface area contributed by atoms with Gasteiger partial charge in [0.2, 0.25) is 0 Å². The Bertz CT molecular complexity index is 510. The van der Waals surface area contributed by atoms with Gasteiger partial charge in [-0.05, 0) is 50.1 Å². The number of rotatable bonds is 3. The summed E-state index contributed by atoms with van der Waals surface area (Å²) >= 11 is 6.10. The fourth-order valence-electron chi connectivity index (χ4n) is 1.83. The molecule has 0 fully saturated rings. The number of nitrogens with one attached hydrogen (secondary N) is 1. The van der Waals surface area contributed by atoms with Crippen molar-refractivity contribution in [3.05, 3.63) is 57.9 Å². The minimum absolute atomic E-state index is 0.774. The third-order valence-corrected chi connectivity index (χ3v) is 3.36. The van der Waals surface area contributed by atoms with Gasteiger partial charge in [-0.3, -0.25) is 4.68 Å². The largest absolute Gasteiger partial charge is 0.322 e. The lowest BCUT2D eigenvalue weighted by Crippen LogP contribution is -2.16. The van der Waals surface area contributed by atoms with E-state index in [2.05, 4.69) is 48.2 Å². The maximum atomic E-state index is 6.10. The number of nitrogens with zero attached hydrogens (tertiary/aromatic N) is 1. The molecule has 0 amide bonds. The van der Waals surface area contributed by atoms with E-state index in [0.717, 1.165) is 17.1 Å². The number of aryl methyl sites for hydroxylation is 3. The molecule has 0 saturated carbocycles. The van der Waals surface area contributed by atoms with Gasteiger partial charge in [0.15, 0.2) is 0 Å². The van der Waals surface area contributed by atoms with E-state index in [1.165, 1.54) is 17.0 Å². The van der Waals surface area contributed by atoms with Gasteiger partial charge < -0.3 is 5.43 Å². The van der Waals surface area contributed by atoms with E-state index in [-0.39, 0.29) is 0 Å². The van der Waals surface area contributed by atoms with Gasteiger partial charge in [-0.2, -0.15) is 0 Å². The second kappa shape index (κ2) is 4.84. The molecular formula is C14H17ClN2. The van der Waals surface area contributed by atoms with Crippen LogP contribution in [0.4, 0.5) is 0 Å². The van der Waals surface area contributed by atoms with E-state index in [4.69, 9.17) is 11.6 Å². The van der Waals surface area contributed by atoms with Crippen LogP contribution in [0.2, 0.25) is 5.02 Å². The highest BCUT2D eigenvalue weighted by molar-refractivity contribution is 6.31. The highest BCUT2D eigenvalue weighted by atomic mass is 35.5. The summed E-state index contributed by atoms with van der Waals surface area (Å²) in [5.41, 5.74) is 8.10. The average Bonchev–Trinajstić information content (AvgIpc) is 2.61. The molecule has 0 unspecified atom stereocenters. The molecule has 0 aliphatic carbocycles. The van der Waals surface area contributed by atoms with E-state index in [1.807, 2.05) is 13.0 Å². The van der Waals surface area contributed by atoms with Crippen molar-refractivity contribution in [2.24, 2.45) is 0 Å². The Morgan fingerprint density at radius 1 is 1.06 bits per heavy atom. The fraction of sp³-hybridized carbons (Fsp3) is 0.286. The highest BCUT2D eigenvalue weighted by Gasteiger charge is 2.01. The van der Waals surface area contributed by atoms with Gasteiger partial charge in [0.1, 0.15) is 0 Å². The summed E-state index contributed by atoms with van der Waals surface area (Å²) in [5, 5.41) is 0.824. The van der Waals surface area contributed by atoms with Gasteiger partial charge in [-0.25, -0.2) is 0 Å². The molecule has 0 spiro atoms. The summed E-state index contributed by atoms with van der Waals surface area (Å²) in [4.78, 5) is 0. The molecule has 1 heterocycles. The van der Waals surface area contributed by atoms with Crippen LogP contribution >= 0.6 is 11.6 Å². The lowest BCUT2D eigenvalue weighted by molar-refractivity contribution is 0.792. The Morgan fingerprint density at radius 3 is 2.29 bits per heavy atom. The van der Waals surface area contributed by atoms with Crippen LogP contribution in [0, 0.1) is 20.8 Å². The zero-order chi connectivity index (χ0) is 12.4. The number of benzene rings is 1. The molecule has 1 aromatic carbocycles. The van der Waals surface area contributed by atoms with Gasteiger partial charge in [0.25, 0.3) is 0 Å². The number of aromatic nitrogens is 1. The average molecular weight is 249 g/mol. The van der Waals surface area contributed by atoms with E-state index in [9.17, 15) is 0 Å². The molecule has 0 saturated heterocycles. The van der Waals surface area contributed by atoms with Crippen LogP contribution < -0.4 is 5.43 Å². The van der Waals surface area contributed by atoms with Gasteiger partial charge in [0.05, 0.1) is 6.54 Å². The Hall–Kier alpha value is -1.41. The summed E-state index contributed by atoms with van der Waals surface area (Å²) in [6.07, 6.45) is 0. The first-order valence-electron chi connectivity index (χ1n) is 5.72. The number of halogens is 1. The summed E-state index contributed by atoms with van der Waals surface area (Å²) in [5.74, 6) is 0. The first-order chi connectivity index (χ1) is 8.08. The van der Waals surface area contributed by atoms with Crippen LogP contribution in [0.15, 0.2) is 30.3 Å². The van der Waals surface area contributed by atoms with Crippen molar-refractivity contribution < 1.29 is 0 Å². The zero-order valence-electron chi connectivity index (χ0n) is 10.4. The van der Waals surface area contributed by atoms with E-state index >= 15 is 0 Å². The van der Waals surface area contributed by atoms with Gasteiger partial charge in [-0.1, -0.05) is 23.7 Å². The molecule has 0 aliphatic rings. The van der Waals surface area contributed by atoms with Crippen molar-refractivity contribution in [1.82, 2.24) is 4.68 Å². The molecular weight excluding hydrogens is 232 g/mol. The maximum Gasteiger partial charge on any atom is 0.0564 e. The van der Waals surface area contributed by atoms with Gasteiger partial charge >= 0.3 is 0 Å². The van der Waals surface area contributed by atoms with Crippen molar-refractivity contribution in [1.29, 1.82) is 0 Å². The molecule has 2 aromatic rings. The third kappa shape index (κ3) is 2.64. The monoisotopic (exact) mass is 248 g/mol. The van der Waals surface area contributed by atoms with Crippen molar-refractivity contribution in [2.45, 2.75) is 27.3 Å². The minimum Gasteiger partial charge on any atom is -0.322 e. The SMILES string of the molecule is Cc1ccc(CNn2c(C)ccc2C)cc1Cl. The molecule has 17 heavy (non-hydrogen) atoms. The summed E-state index contributed by atoms with van der Waals surface area (Å²) < 4.78 is 2.09. The van der Waals surface area contributed by atoms with Gasteiger partial charge in [0, 0.05) is 16.4 Å². The van der Waals surface area contributed by atoms with Crippen LogP contribution in [0.5, 0.6) is 0 Å². The molecule has 1 aromatic heterocycles. The van der Waals surface area contributed by atoms with E-state index < -0.39 is 0 Å². The molecule has 0 atom stereocenters. The first-order valence-corrected chi connectivity index (χ1v) is 6.09. The molecule has 90 valence electrons. The fourth-order valence-corrected chi connectivity index (χ4v) is 2.04. The second-order valence-electron chi connectivity index (χ2n) is 4.37. The van der Waals surface area contributed by atoms with Crippen molar-refractivity contribution in [3.8, 4) is 0 Å². The Kier molecular flexibility index (Phi) is 3.43. The molecule has 0 bridgehead atoms. The van der Waals surface area contributed by atoms with Crippen LogP contribution in [-0.2, 0) is 6.54 Å². The van der Waals surface area contributed by atoms with Crippen LogP contribution in [0.1, 0.15) is 22.5 Å². The van der Waals surface area contributed by atoms with Crippen LogP contribution in [-0.4, -0.2) is 4.68 Å². The quantitative estimate of drug-likeness (QED) is 0.874. The summed E-state index contributed by atoms with van der Waals surface area (Å²) in [6, 6.07) is 10.4. The number of hydrogen-bond donors (Lipinski definition) is 1. The predicted octanol–water partition coefficient (Wildman–Crippen LogP) is 3.81. The molecule has 2 rings (SSSR count). The minimum atomic E-state index is 0.774. The second-order valence-corrected chi connectivity index (χ2v) is 4.78. The summed E-state index contributed by atoms with van der Waals surface area (Å²) in [7, 11) is 0. The standard InChI is InChI=1S/C14H17ClN2/c1-10-4-7-13(8-14(10)15)9-16-17-11(2)5-6-12(17)3/h4-8,16H,9H2,1-3H3. The maximum absolute atomic E-state index is 6.10. The molecule has 0 radical (unpaired) electrons. The van der Waals surface area contributed by atoms with Crippen LogP contribution in [0.25, 0.3) is 0 Å². The lowest BCUT2D eigenvalue weighted by Gasteiger charge is -2.13. The third-order valence-electron chi connectivity index (χ3n) is 2.95. The lowest BCUT2D eigenvalue weighted by atomic mass is 10.1. The van der Waals surface area contributed by atoms with E-state index in [0.29, 0.717) is 0 Å². The smallest absolute Gasteiger partial charge is 0.0564 e. The zero-order valence-corrected chi connectivity index (χ0v) is 11.2. The molecule has 1 N–H and O–H groups in total. The normalized spacial score (nSPS) is 10.6. The molecule has 2 nitrogen and oxygen atoms in total. The Labute approximate surface area is 107 Å². The number of hydrogen-bond acceptors (Lipinski definition) is 1.